The lowest BCUT2D eigenvalue weighted by Gasteiger charge is -2.10. The molecule has 13 heavy (non-hydrogen) atoms. The highest BCUT2D eigenvalue weighted by Crippen LogP contribution is 2.35. The molecule has 0 aromatic heterocycles. The Morgan fingerprint density at radius 1 is 1.15 bits per heavy atom. The zero-order valence-corrected chi connectivity index (χ0v) is 7.88. The monoisotopic (exact) mass is 205 g/mol. The third-order valence-corrected chi connectivity index (χ3v) is 1.58. The Kier molecular flexibility index (Phi) is 3.84. The number of hydrogen-bond acceptors (Lipinski definition) is 4. The average Bonchev–Trinajstić information content (AvgIpc) is 1.82. The van der Waals surface area contributed by atoms with Gasteiger partial charge in [0.2, 0.25) is 0 Å². The lowest BCUT2D eigenvalue weighted by atomic mass is 10.1. The minimum atomic E-state index is -0.467. The predicted octanol–water partition coefficient (Wildman–Crippen LogP) is 1.24. The van der Waals surface area contributed by atoms with Crippen LogP contribution in [0.1, 0.15) is 18.5 Å². The second-order valence-electron chi connectivity index (χ2n) is 2.69. The van der Waals surface area contributed by atoms with Gasteiger partial charge in [-0.25, -0.2) is 0 Å². The molecular weight excluding hydrogens is 194 g/mol. The number of phenolic OH excluding ortho intramolecular Hbond substituents is 3. The average molecular weight is 206 g/mol. The first kappa shape index (κ1) is 11.9. The Morgan fingerprint density at radius 3 is 1.85 bits per heavy atom. The van der Waals surface area contributed by atoms with Crippen molar-refractivity contribution in [3.63, 3.8) is 0 Å². The van der Waals surface area contributed by atoms with Gasteiger partial charge >= 0.3 is 0 Å². The lowest BCUT2D eigenvalue weighted by molar-refractivity contribution is 0.414. The molecule has 0 spiro atoms. The van der Waals surface area contributed by atoms with Crippen LogP contribution >= 0.6 is 12.4 Å². The molecular formula is C8H12ClNO3. The summed E-state index contributed by atoms with van der Waals surface area (Å²) in [6.45, 7) is 1.63. The van der Waals surface area contributed by atoms with Gasteiger partial charge in [0.25, 0.3) is 0 Å². The fourth-order valence-electron chi connectivity index (χ4n) is 1.08. The molecule has 0 aliphatic carbocycles. The summed E-state index contributed by atoms with van der Waals surface area (Å²) in [5.41, 5.74) is 5.71. The molecule has 0 radical (unpaired) electrons. The first-order valence-corrected chi connectivity index (χ1v) is 3.52. The van der Waals surface area contributed by atoms with Crippen LogP contribution in [0.5, 0.6) is 17.2 Å². The van der Waals surface area contributed by atoms with Crippen molar-refractivity contribution >= 4 is 12.4 Å². The van der Waals surface area contributed by atoms with Crippen LogP contribution < -0.4 is 5.73 Å². The summed E-state index contributed by atoms with van der Waals surface area (Å²) >= 11 is 0. The Labute approximate surface area is 82.0 Å². The standard InChI is InChI=1S/C8H11NO3.ClH/c1-4(9)8-6(11)2-5(10)3-7(8)12;/h2-4,10-12H,9H2,1H3;1H/t4-;/m1./s1. The predicted molar refractivity (Wildman–Crippen MR) is 51.3 cm³/mol. The van der Waals surface area contributed by atoms with Crippen LogP contribution in [-0.4, -0.2) is 15.3 Å². The van der Waals surface area contributed by atoms with Crippen molar-refractivity contribution in [3.05, 3.63) is 17.7 Å². The van der Waals surface area contributed by atoms with Crippen LogP contribution in [0, 0.1) is 0 Å². The molecule has 0 unspecified atom stereocenters. The Morgan fingerprint density at radius 2 is 1.54 bits per heavy atom. The fraction of sp³-hybridized carbons (Fsp3) is 0.250. The number of rotatable bonds is 1. The van der Waals surface area contributed by atoms with Gasteiger partial charge in [0.05, 0.1) is 5.56 Å². The van der Waals surface area contributed by atoms with E-state index >= 15 is 0 Å². The third-order valence-electron chi connectivity index (χ3n) is 1.58. The SMILES string of the molecule is C[C@@H](N)c1c(O)cc(O)cc1O.Cl. The maximum atomic E-state index is 9.24. The normalized spacial score (nSPS) is 11.8. The van der Waals surface area contributed by atoms with E-state index in [0.29, 0.717) is 0 Å². The smallest absolute Gasteiger partial charge is 0.127 e. The zero-order valence-electron chi connectivity index (χ0n) is 7.06. The number of benzene rings is 1. The minimum absolute atomic E-state index is 0. The molecule has 74 valence electrons. The lowest BCUT2D eigenvalue weighted by Crippen LogP contribution is -2.05. The highest BCUT2D eigenvalue weighted by molar-refractivity contribution is 5.85. The van der Waals surface area contributed by atoms with E-state index in [2.05, 4.69) is 0 Å². The van der Waals surface area contributed by atoms with Crippen LogP contribution in [0.2, 0.25) is 0 Å². The molecule has 1 atom stereocenters. The summed E-state index contributed by atoms with van der Waals surface area (Å²) in [7, 11) is 0. The van der Waals surface area contributed by atoms with Crippen LogP contribution in [0.3, 0.4) is 0 Å². The number of aromatic hydroxyl groups is 3. The van der Waals surface area contributed by atoms with E-state index in [9.17, 15) is 10.2 Å². The summed E-state index contributed by atoms with van der Waals surface area (Å²) in [5.74, 6) is -0.570. The van der Waals surface area contributed by atoms with E-state index in [-0.39, 0.29) is 35.2 Å². The number of nitrogens with two attached hydrogens (primary N) is 1. The van der Waals surface area contributed by atoms with Crippen molar-refractivity contribution in [3.8, 4) is 17.2 Å². The van der Waals surface area contributed by atoms with Crippen molar-refractivity contribution in [2.24, 2.45) is 5.73 Å². The summed E-state index contributed by atoms with van der Waals surface area (Å²) in [4.78, 5) is 0. The number of phenols is 3. The highest BCUT2D eigenvalue weighted by Gasteiger charge is 2.12. The molecule has 5 heteroatoms. The Balaban J connectivity index is 0.00000144. The quantitative estimate of drug-likeness (QED) is 0.556. The van der Waals surface area contributed by atoms with Crippen molar-refractivity contribution < 1.29 is 15.3 Å². The maximum Gasteiger partial charge on any atom is 0.127 e. The van der Waals surface area contributed by atoms with E-state index in [1.54, 1.807) is 6.92 Å². The Bertz CT molecular complexity index is 278. The Hall–Kier alpha value is -1.13. The van der Waals surface area contributed by atoms with E-state index in [1.807, 2.05) is 0 Å². The van der Waals surface area contributed by atoms with Crippen LogP contribution in [0.4, 0.5) is 0 Å². The van der Waals surface area contributed by atoms with E-state index < -0.39 is 6.04 Å². The van der Waals surface area contributed by atoms with Gasteiger partial charge in [0, 0.05) is 18.2 Å². The second-order valence-corrected chi connectivity index (χ2v) is 2.69. The van der Waals surface area contributed by atoms with Crippen LogP contribution in [-0.2, 0) is 0 Å². The summed E-state index contributed by atoms with van der Waals surface area (Å²) in [6, 6.07) is 1.81. The molecule has 5 N–H and O–H groups in total. The number of halogens is 1. The summed E-state index contributed by atoms with van der Waals surface area (Å²) in [6.07, 6.45) is 0. The topological polar surface area (TPSA) is 86.7 Å². The molecule has 1 aromatic rings. The van der Waals surface area contributed by atoms with Gasteiger partial charge in [-0.15, -0.1) is 12.4 Å². The van der Waals surface area contributed by atoms with Gasteiger partial charge < -0.3 is 21.1 Å². The highest BCUT2D eigenvalue weighted by atomic mass is 35.5. The van der Waals surface area contributed by atoms with Crippen LogP contribution in [0.15, 0.2) is 12.1 Å². The van der Waals surface area contributed by atoms with Crippen LogP contribution in [0.25, 0.3) is 0 Å². The molecule has 1 rings (SSSR count). The summed E-state index contributed by atoms with van der Waals surface area (Å²) < 4.78 is 0. The molecule has 0 heterocycles. The maximum absolute atomic E-state index is 9.24. The van der Waals surface area contributed by atoms with Gasteiger partial charge in [0.15, 0.2) is 0 Å². The van der Waals surface area contributed by atoms with Gasteiger partial charge in [-0.3, -0.25) is 0 Å². The molecule has 0 saturated carbocycles. The molecule has 0 saturated heterocycles. The first-order chi connectivity index (χ1) is 5.52. The van der Waals surface area contributed by atoms with Crippen molar-refractivity contribution in [2.45, 2.75) is 13.0 Å². The molecule has 0 aliphatic heterocycles. The van der Waals surface area contributed by atoms with Crippen molar-refractivity contribution in [2.75, 3.05) is 0 Å². The first-order valence-electron chi connectivity index (χ1n) is 3.52. The minimum Gasteiger partial charge on any atom is -0.508 e. The van der Waals surface area contributed by atoms with Gasteiger partial charge in [-0.05, 0) is 6.92 Å². The second kappa shape index (κ2) is 4.20. The van der Waals surface area contributed by atoms with E-state index in [1.165, 1.54) is 0 Å². The van der Waals surface area contributed by atoms with Crippen molar-refractivity contribution in [1.29, 1.82) is 0 Å². The molecule has 0 fully saturated rings. The molecule has 4 nitrogen and oxygen atoms in total. The van der Waals surface area contributed by atoms with E-state index in [0.717, 1.165) is 12.1 Å². The molecule has 0 bridgehead atoms. The molecule has 0 aliphatic rings. The molecule has 0 amide bonds. The van der Waals surface area contributed by atoms with Gasteiger partial charge in [0.1, 0.15) is 17.2 Å². The zero-order chi connectivity index (χ0) is 9.30. The molecule has 1 aromatic carbocycles. The largest absolute Gasteiger partial charge is 0.508 e. The summed E-state index contributed by atoms with van der Waals surface area (Å²) in [5, 5.41) is 27.4. The van der Waals surface area contributed by atoms with Crippen molar-refractivity contribution in [1.82, 2.24) is 0 Å². The van der Waals surface area contributed by atoms with Gasteiger partial charge in [-0.2, -0.15) is 0 Å². The fourth-order valence-corrected chi connectivity index (χ4v) is 1.08. The third kappa shape index (κ3) is 2.40. The van der Waals surface area contributed by atoms with E-state index in [4.69, 9.17) is 10.8 Å². The number of hydrogen-bond donors (Lipinski definition) is 4. The van der Waals surface area contributed by atoms with Gasteiger partial charge in [-0.1, -0.05) is 0 Å².